The molecule has 394 valence electrons. The van der Waals surface area contributed by atoms with E-state index < -0.39 is 36.4 Å². The minimum atomic E-state index is -1.08. The van der Waals surface area contributed by atoms with Gasteiger partial charge in [0, 0.05) is 25.7 Å². The Balaban J connectivity index is 2.94. The second-order valence-electron chi connectivity index (χ2n) is 20.2. The third kappa shape index (κ3) is 38.3. The van der Waals surface area contributed by atoms with Gasteiger partial charge >= 0.3 is 23.9 Å². The topological polar surface area (TPSA) is 114 Å². The van der Waals surface area contributed by atoms with Gasteiger partial charge in [-0.15, -0.1) is 0 Å². The van der Waals surface area contributed by atoms with E-state index in [4.69, 9.17) is 23.7 Å². The molecular formula is C58H108O9. The van der Waals surface area contributed by atoms with Gasteiger partial charge in [0.15, 0.2) is 18.3 Å². The number of hydrogen-bond donors (Lipinski definition) is 0. The summed E-state index contributed by atoms with van der Waals surface area (Å²) in [5.41, 5.74) is 0. The van der Waals surface area contributed by atoms with Gasteiger partial charge in [0.05, 0.1) is 6.61 Å². The van der Waals surface area contributed by atoms with Crippen LogP contribution in [0.1, 0.15) is 310 Å². The zero-order valence-corrected chi connectivity index (χ0v) is 44.5. The Bertz CT molecular complexity index is 1140. The molecule has 1 heterocycles. The maximum absolute atomic E-state index is 13.6. The van der Waals surface area contributed by atoms with Crippen LogP contribution in [0.2, 0.25) is 0 Å². The molecule has 1 aliphatic heterocycles. The lowest BCUT2D eigenvalue weighted by atomic mass is 9.99. The van der Waals surface area contributed by atoms with Crippen LogP contribution in [-0.2, 0) is 42.9 Å². The van der Waals surface area contributed by atoms with Crippen molar-refractivity contribution in [2.45, 2.75) is 335 Å². The summed E-state index contributed by atoms with van der Waals surface area (Å²) in [6.07, 6.45) is 43.4. The van der Waals surface area contributed by atoms with Crippen LogP contribution in [0.15, 0.2) is 0 Å². The summed E-state index contributed by atoms with van der Waals surface area (Å²) in [5.74, 6) is -1.52. The molecule has 0 N–H and O–H groups in total. The number of unbranched alkanes of at least 4 members (excludes halogenated alkanes) is 36. The van der Waals surface area contributed by atoms with Gasteiger partial charge in [0.2, 0.25) is 0 Å². The quantitative estimate of drug-likeness (QED) is 0.0334. The zero-order valence-electron chi connectivity index (χ0n) is 44.5. The van der Waals surface area contributed by atoms with Gasteiger partial charge in [-0.3, -0.25) is 19.2 Å². The van der Waals surface area contributed by atoms with Crippen molar-refractivity contribution in [2.24, 2.45) is 0 Å². The van der Waals surface area contributed by atoms with Crippen LogP contribution in [0.4, 0.5) is 0 Å². The predicted octanol–water partition coefficient (Wildman–Crippen LogP) is 16.9. The number of ether oxygens (including phenoxy) is 5. The van der Waals surface area contributed by atoms with Crippen LogP contribution in [-0.4, -0.2) is 61.5 Å². The first-order valence-corrected chi connectivity index (χ1v) is 29.2. The fourth-order valence-electron chi connectivity index (χ4n) is 9.28. The molecule has 1 fully saturated rings. The molecule has 0 spiro atoms. The maximum Gasteiger partial charge on any atom is 0.306 e. The van der Waals surface area contributed by atoms with Crippen LogP contribution in [0.5, 0.6) is 0 Å². The smallest absolute Gasteiger partial charge is 0.306 e. The molecule has 0 radical (unpaired) electrons. The SMILES string of the molecule is CCCCCCCCCCCCC(=O)OC[C@H]1OC[C@H](OC(=O)CCCCCCCCCCCC)[C@@H](OC(=O)CCCCCCCCCCCC)[C@@H]1OC(=O)CCCCCCCCCCCC. The van der Waals surface area contributed by atoms with Crippen molar-refractivity contribution in [3.63, 3.8) is 0 Å². The Morgan fingerprint density at radius 1 is 0.328 bits per heavy atom. The molecule has 0 bridgehead atoms. The molecule has 0 aromatic rings. The normalized spacial score (nSPS) is 17.1. The van der Waals surface area contributed by atoms with Crippen LogP contribution < -0.4 is 0 Å². The van der Waals surface area contributed by atoms with Gasteiger partial charge in [-0.05, 0) is 25.7 Å². The van der Waals surface area contributed by atoms with Gasteiger partial charge in [0.1, 0.15) is 12.7 Å². The van der Waals surface area contributed by atoms with Crippen molar-refractivity contribution in [1.29, 1.82) is 0 Å². The third-order valence-corrected chi connectivity index (χ3v) is 13.7. The first-order chi connectivity index (χ1) is 32.9. The molecule has 67 heavy (non-hydrogen) atoms. The van der Waals surface area contributed by atoms with Crippen LogP contribution >= 0.6 is 0 Å². The summed E-state index contributed by atoms with van der Waals surface area (Å²) in [6, 6.07) is 0. The van der Waals surface area contributed by atoms with Crippen LogP contribution in [0, 0.1) is 0 Å². The largest absolute Gasteiger partial charge is 0.463 e. The molecule has 1 saturated heterocycles. The Morgan fingerprint density at radius 3 is 0.896 bits per heavy atom. The molecule has 9 nitrogen and oxygen atoms in total. The molecule has 0 aromatic heterocycles. The first-order valence-electron chi connectivity index (χ1n) is 29.2. The Kier molecular flexibility index (Phi) is 44.6. The van der Waals surface area contributed by atoms with Crippen molar-refractivity contribution < 1.29 is 42.9 Å². The molecule has 1 aliphatic rings. The summed E-state index contributed by atoms with van der Waals surface area (Å²) >= 11 is 0. The summed E-state index contributed by atoms with van der Waals surface area (Å²) in [7, 11) is 0. The molecular weight excluding hydrogens is 841 g/mol. The fourth-order valence-corrected chi connectivity index (χ4v) is 9.28. The Morgan fingerprint density at radius 2 is 0.582 bits per heavy atom. The van der Waals surface area contributed by atoms with E-state index in [1.165, 1.54) is 167 Å². The Hall–Kier alpha value is -2.16. The van der Waals surface area contributed by atoms with E-state index in [1.807, 2.05) is 0 Å². The van der Waals surface area contributed by atoms with E-state index in [0.29, 0.717) is 19.3 Å². The lowest BCUT2D eigenvalue weighted by Crippen LogP contribution is -2.59. The van der Waals surface area contributed by atoms with E-state index in [0.717, 1.165) is 77.0 Å². The van der Waals surface area contributed by atoms with Crippen molar-refractivity contribution in [3.05, 3.63) is 0 Å². The van der Waals surface area contributed by atoms with Crippen molar-refractivity contribution >= 4 is 23.9 Å². The summed E-state index contributed by atoms with van der Waals surface area (Å²) < 4.78 is 30.3. The fraction of sp³-hybridized carbons (Fsp3) is 0.931. The highest BCUT2D eigenvalue weighted by Gasteiger charge is 2.48. The van der Waals surface area contributed by atoms with E-state index in [1.54, 1.807) is 0 Å². The predicted molar refractivity (Wildman–Crippen MR) is 276 cm³/mol. The minimum Gasteiger partial charge on any atom is -0.463 e. The molecule has 9 heteroatoms. The van der Waals surface area contributed by atoms with E-state index in [-0.39, 0.29) is 44.4 Å². The zero-order chi connectivity index (χ0) is 48.7. The lowest BCUT2D eigenvalue weighted by molar-refractivity contribution is -0.233. The van der Waals surface area contributed by atoms with E-state index in [9.17, 15) is 19.2 Å². The molecule has 0 unspecified atom stereocenters. The summed E-state index contributed by atoms with van der Waals surface area (Å²) in [5, 5.41) is 0. The van der Waals surface area contributed by atoms with E-state index in [2.05, 4.69) is 27.7 Å². The highest BCUT2D eigenvalue weighted by atomic mass is 16.7. The maximum atomic E-state index is 13.6. The molecule has 0 amide bonds. The monoisotopic (exact) mass is 949 g/mol. The lowest BCUT2D eigenvalue weighted by Gasteiger charge is -2.40. The summed E-state index contributed by atoms with van der Waals surface area (Å²) in [4.78, 5) is 53.5. The van der Waals surface area contributed by atoms with Crippen molar-refractivity contribution in [2.75, 3.05) is 13.2 Å². The average Bonchev–Trinajstić information content (AvgIpc) is 3.32. The first kappa shape index (κ1) is 62.9. The second-order valence-corrected chi connectivity index (χ2v) is 20.2. The number of carbonyl (C=O) groups is 4. The summed E-state index contributed by atoms with van der Waals surface area (Å²) in [6.45, 7) is 8.77. The molecule has 1 rings (SSSR count). The van der Waals surface area contributed by atoms with Crippen LogP contribution in [0.25, 0.3) is 0 Å². The number of hydrogen-bond acceptors (Lipinski definition) is 9. The van der Waals surface area contributed by atoms with Gasteiger partial charge in [-0.1, -0.05) is 259 Å². The van der Waals surface area contributed by atoms with Crippen molar-refractivity contribution in [1.82, 2.24) is 0 Å². The van der Waals surface area contributed by atoms with Gasteiger partial charge < -0.3 is 23.7 Å². The molecule has 4 atom stereocenters. The molecule has 0 aliphatic carbocycles. The van der Waals surface area contributed by atoms with Gasteiger partial charge in [-0.25, -0.2) is 0 Å². The second kappa shape index (κ2) is 47.5. The van der Waals surface area contributed by atoms with E-state index >= 15 is 0 Å². The molecule has 0 aromatic carbocycles. The average molecular weight is 949 g/mol. The van der Waals surface area contributed by atoms with Crippen molar-refractivity contribution in [3.8, 4) is 0 Å². The number of esters is 4. The third-order valence-electron chi connectivity index (χ3n) is 13.7. The minimum absolute atomic E-state index is 0.0485. The number of rotatable bonds is 49. The number of carbonyl (C=O) groups excluding carboxylic acids is 4. The highest BCUT2D eigenvalue weighted by molar-refractivity contribution is 5.72. The standard InChI is InChI=1S/C58H108O9/c1-5-9-13-17-21-25-29-33-37-41-45-53(59)64-49-51-57(66-55(61)47-43-39-35-31-27-23-19-15-11-7-3)58(67-56(62)48-44-40-36-32-28-24-20-16-12-8-4)52(50-63-51)65-54(60)46-42-38-34-30-26-22-18-14-10-6-2/h51-52,57-58H,5-50H2,1-4H3/t51-,52+,57-,58-/m1/s1. The Labute approximate surface area is 413 Å². The van der Waals surface area contributed by atoms with Gasteiger partial charge in [-0.2, -0.15) is 0 Å². The van der Waals surface area contributed by atoms with Gasteiger partial charge in [0.25, 0.3) is 0 Å². The highest BCUT2D eigenvalue weighted by Crippen LogP contribution is 2.27. The van der Waals surface area contributed by atoms with Crippen LogP contribution in [0.3, 0.4) is 0 Å². The molecule has 0 saturated carbocycles.